The first-order chi connectivity index (χ1) is 31.5. The molecule has 0 aromatic carbocycles. The lowest BCUT2D eigenvalue weighted by atomic mass is 10.0. The van der Waals surface area contributed by atoms with Crippen molar-refractivity contribution in [3.63, 3.8) is 0 Å². The molecule has 0 amide bonds. The Bertz CT molecular complexity index is 1170. The van der Waals surface area contributed by atoms with E-state index in [1.165, 1.54) is 135 Å². The maximum Gasteiger partial charge on any atom is 0.306 e. The molecular formula is C58H102O6. The number of rotatable bonds is 49. The Hall–Kier alpha value is -2.89. The molecule has 0 saturated carbocycles. The maximum atomic E-state index is 12.8. The molecule has 0 aliphatic heterocycles. The molecule has 0 aromatic rings. The van der Waals surface area contributed by atoms with E-state index in [9.17, 15) is 14.4 Å². The fourth-order valence-corrected chi connectivity index (χ4v) is 7.60. The number of hydrogen-bond donors (Lipinski definition) is 0. The Morgan fingerprint density at radius 2 is 0.562 bits per heavy atom. The van der Waals surface area contributed by atoms with Crippen LogP contribution in [0.3, 0.4) is 0 Å². The average molecular weight is 895 g/mol. The van der Waals surface area contributed by atoms with Gasteiger partial charge in [0.1, 0.15) is 13.2 Å². The minimum atomic E-state index is -0.784. The molecule has 0 rings (SSSR count). The fourth-order valence-electron chi connectivity index (χ4n) is 7.60. The van der Waals surface area contributed by atoms with Crippen molar-refractivity contribution < 1.29 is 28.6 Å². The summed E-state index contributed by atoms with van der Waals surface area (Å²) in [6.07, 6.45) is 64.8. The molecule has 0 unspecified atom stereocenters. The molecule has 0 aromatic heterocycles. The van der Waals surface area contributed by atoms with Gasteiger partial charge in [-0.3, -0.25) is 14.4 Å². The van der Waals surface area contributed by atoms with Crippen molar-refractivity contribution in [2.45, 2.75) is 277 Å². The second kappa shape index (κ2) is 52.7. The number of carbonyl (C=O) groups is 3. The number of carbonyl (C=O) groups excluding carboxylic acids is 3. The van der Waals surface area contributed by atoms with Crippen molar-refractivity contribution in [1.82, 2.24) is 0 Å². The van der Waals surface area contributed by atoms with Crippen LogP contribution in [-0.2, 0) is 28.6 Å². The molecule has 1 atom stereocenters. The monoisotopic (exact) mass is 895 g/mol. The highest BCUT2D eigenvalue weighted by atomic mass is 16.6. The van der Waals surface area contributed by atoms with Gasteiger partial charge in [-0.25, -0.2) is 0 Å². The predicted octanol–water partition coefficient (Wildman–Crippen LogP) is 18.0. The van der Waals surface area contributed by atoms with E-state index in [1.54, 1.807) is 0 Å². The molecule has 64 heavy (non-hydrogen) atoms. The van der Waals surface area contributed by atoms with E-state index in [0.29, 0.717) is 19.3 Å². The summed E-state index contributed by atoms with van der Waals surface area (Å²) in [7, 11) is 0. The van der Waals surface area contributed by atoms with E-state index in [0.717, 1.165) is 96.3 Å². The Kier molecular flexibility index (Phi) is 50.4. The number of ether oxygens (including phenoxy) is 3. The lowest BCUT2D eigenvalue weighted by Gasteiger charge is -2.18. The lowest BCUT2D eigenvalue weighted by molar-refractivity contribution is -0.167. The molecule has 370 valence electrons. The van der Waals surface area contributed by atoms with Gasteiger partial charge < -0.3 is 14.2 Å². The van der Waals surface area contributed by atoms with Gasteiger partial charge in [-0.1, -0.05) is 223 Å². The largest absolute Gasteiger partial charge is 0.462 e. The van der Waals surface area contributed by atoms with Crippen LogP contribution >= 0.6 is 0 Å². The third-order valence-electron chi connectivity index (χ3n) is 11.7. The summed E-state index contributed by atoms with van der Waals surface area (Å²) in [4.78, 5) is 38.0. The highest BCUT2D eigenvalue weighted by Crippen LogP contribution is 2.15. The van der Waals surface area contributed by atoms with Gasteiger partial charge in [0.05, 0.1) is 0 Å². The molecule has 6 nitrogen and oxygen atoms in total. The Balaban J connectivity index is 4.39. The van der Waals surface area contributed by atoms with Crippen LogP contribution in [0.15, 0.2) is 60.8 Å². The van der Waals surface area contributed by atoms with Gasteiger partial charge in [-0.2, -0.15) is 0 Å². The summed E-state index contributed by atoms with van der Waals surface area (Å²) in [5.41, 5.74) is 0. The SMILES string of the molecule is CCCCC/C=C\C/C=C\C/C=C\CCCCCCC(=O)OC[C@H](COC(=O)CCCCCCCCC/C=C\C/C=C\CCCCC)OC(=O)CCCCCCCCCCCCCC. The Labute approximate surface area is 396 Å². The smallest absolute Gasteiger partial charge is 0.306 e. The van der Waals surface area contributed by atoms with Gasteiger partial charge in [0.15, 0.2) is 6.10 Å². The van der Waals surface area contributed by atoms with Gasteiger partial charge in [-0.05, 0) is 89.9 Å². The molecular weight excluding hydrogens is 793 g/mol. The van der Waals surface area contributed by atoms with Crippen molar-refractivity contribution >= 4 is 17.9 Å². The van der Waals surface area contributed by atoms with Gasteiger partial charge in [-0.15, -0.1) is 0 Å². The third kappa shape index (κ3) is 50.1. The Morgan fingerprint density at radius 1 is 0.312 bits per heavy atom. The lowest BCUT2D eigenvalue weighted by Crippen LogP contribution is -2.30. The first-order valence-electron chi connectivity index (χ1n) is 27.3. The van der Waals surface area contributed by atoms with Crippen molar-refractivity contribution in [2.24, 2.45) is 0 Å². The number of unbranched alkanes of at least 4 members (excludes halogenated alkanes) is 28. The van der Waals surface area contributed by atoms with Crippen molar-refractivity contribution in [3.8, 4) is 0 Å². The van der Waals surface area contributed by atoms with Gasteiger partial charge in [0.25, 0.3) is 0 Å². The van der Waals surface area contributed by atoms with E-state index in [1.807, 2.05) is 0 Å². The maximum absolute atomic E-state index is 12.8. The van der Waals surface area contributed by atoms with Gasteiger partial charge >= 0.3 is 17.9 Å². The number of allylic oxidation sites excluding steroid dienone is 10. The van der Waals surface area contributed by atoms with Crippen LogP contribution < -0.4 is 0 Å². The average Bonchev–Trinajstić information content (AvgIpc) is 3.29. The zero-order valence-corrected chi connectivity index (χ0v) is 42.3. The molecule has 0 bridgehead atoms. The summed E-state index contributed by atoms with van der Waals surface area (Å²) in [6.45, 7) is 6.57. The summed E-state index contributed by atoms with van der Waals surface area (Å²) < 4.78 is 16.8. The van der Waals surface area contributed by atoms with E-state index in [2.05, 4.69) is 81.5 Å². The molecule has 6 heteroatoms. The van der Waals surface area contributed by atoms with E-state index in [4.69, 9.17) is 14.2 Å². The van der Waals surface area contributed by atoms with Crippen LogP contribution in [0.5, 0.6) is 0 Å². The summed E-state index contributed by atoms with van der Waals surface area (Å²) in [5.74, 6) is -0.905. The minimum Gasteiger partial charge on any atom is -0.462 e. The van der Waals surface area contributed by atoms with Gasteiger partial charge in [0, 0.05) is 19.3 Å². The zero-order valence-electron chi connectivity index (χ0n) is 42.3. The number of esters is 3. The van der Waals surface area contributed by atoms with E-state index >= 15 is 0 Å². The molecule has 0 aliphatic carbocycles. The molecule has 0 aliphatic rings. The molecule has 0 fully saturated rings. The van der Waals surface area contributed by atoms with Crippen LogP contribution in [0.1, 0.15) is 271 Å². The molecule has 0 N–H and O–H groups in total. The standard InChI is InChI=1S/C58H102O6/c1-4-7-10-13-16-19-22-25-27-29-31-33-36-38-41-44-47-50-56(59)62-53-55(64-58(61)52-49-46-43-40-35-24-21-18-15-12-9-6-3)54-63-57(60)51-48-45-42-39-37-34-32-30-28-26-23-20-17-14-11-8-5-2/h16-17,19-20,25-28,31,33,55H,4-15,18,21-24,29-30,32,34-54H2,1-3H3/b19-16-,20-17-,27-25-,28-26-,33-31-/t55-/m1/s1. The molecule has 0 heterocycles. The quantitative estimate of drug-likeness (QED) is 0.0262. The zero-order chi connectivity index (χ0) is 46.5. The first kappa shape index (κ1) is 61.1. The Morgan fingerprint density at radius 3 is 0.906 bits per heavy atom. The second-order valence-corrected chi connectivity index (χ2v) is 18.1. The topological polar surface area (TPSA) is 78.9 Å². The minimum absolute atomic E-state index is 0.0839. The number of hydrogen-bond acceptors (Lipinski definition) is 6. The highest BCUT2D eigenvalue weighted by molar-refractivity contribution is 5.71. The van der Waals surface area contributed by atoms with E-state index in [-0.39, 0.29) is 31.1 Å². The first-order valence-corrected chi connectivity index (χ1v) is 27.3. The summed E-state index contributed by atoms with van der Waals surface area (Å²) in [6, 6.07) is 0. The predicted molar refractivity (Wildman–Crippen MR) is 275 cm³/mol. The molecule has 0 radical (unpaired) electrons. The normalized spacial score (nSPS) is 12.5. The fraction of sp³-hybridized carbons (Fsp3) is 0.776. The summed E-state index contributed by atoms with van der Waals surface area (Å²) >= 11 is 0. The van der Waals surface area contributed by atoms with Crippen LogP contribution in [0, 0.1) is 0 Å². The van der Waals surface area contributed by atoms with Crippen LogP contribution in [0.25, 0.3) is 0 Å². The van der Waals surface area contributed by atoms with Crippen LogP contribution in [0.2, 0.25) is 0 Å². The van der Waals surface area contributed by atoms with Crippen molar-refractivity contribution in [2.75, 3.05) is 13.2 Å². The van der Waals surface area contributed by atoms with Gasteiger partial charge in [0.2, 0.25) is 0 Å². The second-order valence-electron chi connectivity index (χ2n) is 18.1. The van der Waals surface area contributed by atoms with Crippen LogP contribution in [0.4, 0.5) is 0 Å². The van der Waals surface area contributed by atoms with Crippen LogP contribution in [-0.4, -0.2) is 37.2 Å². The summed E-state index contributed by atoms with van der Waals surface area (Å²) in [5, 5.41) is 0. The third-order valence-corrected chi connectivity index (χ3v) is 11.7. The molecule has 0 spiro atoms. The highest BCUT2D eigenvalue weighted by Gasteiger charge is 2.19. The van der Waals surface area contributed by atoms with Crippen molar-refractivity contribution in [3.05, 3.63) is 60.8 Å². The molecule has 0 saturated heterocycles. The van der Waals surface area contributed by atoms with Crippen molar-refractivity contribution in [1.29, 1.82) is 0 Å². The van der Waals surface area contributed by atoms with E-state index < -0.39 is 6.10 Å².